The summed E-state index contributed by atoms with van der Waals surface area (Å²) in [6, 6.07) is 9.96. The van der Waals surface area contributed by atoms with Crippen molar-refractivity contribution in [1.29, 1.82) is 0 Å². The van der Waals surface area contributed by atoms with Crippen LogP contribution in [-0.4, -0.2) is 51.9 Å². The maximum Gasteiger partial charge on any atom is 0.247 e. The highest BCUT2D eigenvalue weighted by molar-refractivity contribution is 8.00. The van der Waals surface area contributed by atoms with Crippen molar-refractivity contribution in [1.82, 2.24) is 9.80 Å². The SMILES string of the molecule is O=C(CCC1CCCC1)N1CCC2(CC1)SCCN2C(=O)C=Cc1ccccc1. The zero-order valence-corrected chi connectivity index (χ0v) is 18.0. The summed E-state index contributed by atoms with van der Waals surface area (Å²) < 4.78 is 0. The molecule has 0 radical (unpaired) electrons. The van der Waals surface area contributed by atoms with Gasteiger partial charge in [-0.2, -0.15) is 0 Å². The first-order valence-electron chi connectivity index (χ1n) is 11.1. The second-order valence-corrected chi connectivity index (χ2v) is 10.1. The van der Waals surface area contributed by atoms with E-state index in [2.05, 4.69) is 4.90 Å². The normalized spacial score (nSPS) is 22.1. The second-order valence-electron chi connectivity index (χ2n) is 8.60. The van der Waals surface area contributed by atoms with Gasteiger partial charge in [-0.15, -0.1) is 11.8 Å². The Labute approximate surface area is 178 Å². The number of hydrogen-bond acceptors (Lipinski definition) is 3. The summed E-state index contributed by atoms with van der Waals surface area (Å²) in [5.41, 5.74) is 1.05. The molecular formula is C24H32N2O2S. The molecule has 2 saturated heterocycles. The molecule has 0 bridgehead atoms. The number of piperidine rings is 1. The lowest BCUT2D eigenvalue weighted by atomic mass is 9.99. The molecule has 156 valence electrons. The highest BCUT2D eigenvalue weighted by atomic mass is 32.2. The van der Waals surface area contributed by atoms with Crippen molar-refractivity contribution < 1.29 is 9.59 Å². The number of thioether (sulfide) groups is 1. The van der Waals surface area contributed by atoms with Gasteiger partial charge in [0.2, 0.25) is 11.8 Å². The average molecular weight is 413 g/mol. The molecule has 3 fully saturated rings. The molecule has 4 rings (SSSR count). The van der Waals surface area contributed by atoms with Gasteiger partial charge in [-0.25, -0.2) is 0 Å². The van der Waals surface area contributed by atoms with Gasteiger partial charge in [0.1, 0.15) is 0 Å². The molecule has 1 spiro atoms. The number of hydrogen-bond donors (Lipinski definition) is 0. The van der Waals surface area contributed by atoms with Crippen LogP contribution in [-0.2, 0) is 9.59 Å². The number of benzene rings is 1. The third-order valence-electron chi connectivity index (χ3n) is 6.80. The highest BCUT2D eigenvalue weighted by Crippen LogP contribution is 2.44. The Morgan fingerprint density at radius 2 is 1.79 bits per heavy atom. The molecule has 1 aromatic rings. The minimum absolute atomic E-state index is 0.0971. The minimum atomic E-state index is -0.125. The number of amides is 2. The van der Waals surface area contributed by atoms with E-state index < -0.39 is 0 Å². The maximum absolute atomic E-state index is 12.9. The Morgan fingerprint density at radius 1 is 1.07 bits per heavy atom. The Morgan fingerprint density at radius 3 is 2.52 bits per heavy atom. The molecule has 0 N–H and O–H groups in total. The lowest BCUT2D eigenvalue weighted by Crippen LogP contribution is -2.53. The van der Waals surface area contributed by atoms with Gasteiger partial charge in [0.15, 0.2) is 0 Å². The summed E-state index contributed by atoms with van der Waals surface area (Å²) in [5.74, 6) is 2.17. The van der Waals surface area contributed by atoms with E-state index in [1.807, 2.05) is 53.1 Å². The lowest BCUT2D eigenvalue weighted by Gasteiger charge is -2.43. The number of carbonyl (C=O) groups is 2. The molecule has 2 aliphatic heterocycles. The Balaban J connectivity index is 1.31. The van der Waals surface area contributed by atoms with Crippen molar-refractivity contribution in [3.8, 4) is 0 Å². The Hall–Kier alpha value is -1.75. The molecule has 5 heteroatoms. The molecule has 1 aromatic carbocycles. The van der Waals surface area contributed by atoms with E-state index in [1.54, 1.807) is 6.08 Å². The molecule has 0 aromatic heterocycles. The van der Waals surface area contributed by atoms with Crippen LogP contribution in [0.1, 0.15) is 56.9 Å². The van der Waals surface area contributed by atoms with E-state index in [0.29, 0.717) is 12.3 Å². The standard InChI is InChI=1S/C24H32N2O2S/c27-22(12-10-21-8-4-5-9-21)25-16-14-24(15-17-25)26(18-19-29-24)23(28)13-11-20-6-2-1-3-7-20/h1-3,6-7,11,13,21H,4-5,8-10,12,14-19H2. The van der Waals surface area contributed by atoms with E-state index in [4.69, 9.17) is 0 Å². The molecule has 0 unspecified atom stereocenters. The van der Waals surface area contributed by atoms with Crippen molar-refractivity contribution in [3.05, 3.63) is 42.0 Å². The average Bonchev–Trinajstić information content (AvgIpc) is 3.42. The fourth-order valence-corrected chi connectivity index (χ4v) is 6.51. The van der Waals surface area contributed by atoms with Gasteiger partial charge in [0, 0.05) is 37.9 Å². The summed E-state index contributed by atoms with van der Waals surface area (Å²) >= 11 is 1.90. The van der Waals surface area contributed by atoms with Crippen LogP contribution in [0.4, 0.5) is 0 Å². The summed E-state index contributed by atoms with van der Waals surface area (Å²) in [6.45, 7) is 2.36. The van der Waals surface area contributed by atoms with Crippen LogP contribution in [0.15, 0.2) is 36.4 Å². The van der Waals surface area contributed by atoms with Gasteiger partial charge in [0.05, 0.1) is 4.87 Å². The molecule has 2 amide bonds. The molecule has 0 atom stereocenters. The molecule has 3 aliphatic rings. The molecule has 29 heavy (non-hydrogen) atoms. The lowest BCUT2D eigenvalue weighted by molar-refractivity contribution is -0.135. The predicted molar refractivity (Wildman–Crippen MR) is 119 cm³/mol. The number of likely N-dealkylation sites (tertiary alicyclic amines) is 1. The van der Waals surface area contributed by atoms with Gasteiger partial charge in [-0.1, -0.05) is 56.0 Å². The molecule has 1 aliphatic carbocycles. The highest BCUT2D eigenvalue weighted by Gasteiger charge is 2.46. The van der Waals surface area contributed by atoms with Crippen LogP contribution >= 0.6 is 11.8 Å². The van der Waals surface area contributed by atoms with Crippen molar-refractivity contribution in [3.63, 3.8) is 0 Å². The van der Waals surface area contributed by atoms with Crippen LogP contribution in [0.2, 0.25) is 0 Å². The van der Waals surface area contributed by atoms with Crippen LogP contribution in [0, 0.1) is 5.92 Å². The Kier molecular flexibility index (Phi) is 6.63. The number of carbonyl (C=O) groups excluding carboxylic acids is 2. The van der Waals surface area contributed by atoms with Gasteiger partial charge in [-0.3, -0.25) is 9.59 Å². The summed E-state index contributed by atoms with van der Waals surface area (Å²) in [4.78, 5) is 29.5. The van der Waals surface area contributed by atoms with Crippen molar-refractivity contribution >= 4 is 29.7 Å². The second kappa shape index (κ2) is 9.38. The van der Waals surface area contributed by atoms with Crippen molar-refractivity contribution in [2.24, 2.45) is 5.92 Å². The van der Waals surface area contributed by atoms with E-state index >= 15 is 0 Å². The fraction of sp³-hybridized carbons (Fsp3) is 0.583. The van der Waals surface area contributed by atoms with Crippen molar-refractivity contribution in [2.75, 3.05) is 25.4 Å². The smallest absolute Gasteiger partial charge is 0.247 e. The zero-order valence-electron chi connectivity index (χ0n) is 17.2. The first kappa shape index (κ1) is 20.5. The van der Waals surface area contributed by atoms with Crippen LogP contribution < -0.4 is 0 Å². The van der Waals surface area contributed by atoms with Gasteiger partial charge in [0.25, 0.3) is 0 Å². The quantitative estimate of drug-likeness (QED) is 0.666. The van der Waals surface area contributed by atoms with E-state index in [9.17, 15) is 9.59 Å². The third-order valence-corrected chi connectivity index (χ3v) is 8.35. The molecule has 1 saturated carbocycles. The predicted octanol–water partition coefficient (Wildman–Crippen LogP) is 4.56. The van der Waals surface area contributed by atoms with Gasteiger partial charge < -0.3 is 9.80 Å². The topological polar surface area (TPSA) is 40.6 Å². The van der Waals surface area contributed by atoms with Crippen LogP contribution in [0.3, 0.4) is 0 Å². The summed E-state index contributed by atoms with van der Waals surface area (Å²) in [5, 5.41) is 0. The van der Waals surface area contributed by atoms with Gasteiger partial charge in [-0.05, 0) is 36.8 Å². The maximum atomic E-state index is 12.9. The largest absolute Gasteiger partial charge is 0.342 e. The third kappa shape index (κ3) is 4.88. The van der Waals surface area contributed by atoms with Gasteiger partial charge >= 0.3 is 0 Å². The Bertz CT molecular complexity index is 735. The fourth-order valence-electron chi connectivity index (χ4n) is 5.05. The van der Waals surface area contributed by atoms with Crippen LogP contribution in [0.5, 0.6) is 0 Å². The van der Waals surface area contributed by atoms with E-state index in [0.717, 1.165) is 56.1 Å². The first-order valence-corrected chi connectivity index (χ1v) is 12.1. The zero-order chi connectivity index (χ0) is 20.1. The van der Waals surface area contributed by atoms with E-state index in [1.165, 1.54) is 25.7 Å². The number of rotatable bonds is 5. The molecular weight excluding hydrogens is 380 g/mol. The first-order chi connectivity index (χ1) is 14.2. The molecule has 4 nitrogen and oxygen atoms in total. The van der Waals surface area contributed by atoms with E-state index in [-0.39, 0.29) is 10.8 Å². The summed E-state index contributed by atoms with van der Waals surface area (Å²) in [7, 11) is 0. The van der Waals surface area contributed by atoms with Crippen molar-refractivity contribution in [2.45, 2.75) is 56.2 Å². The summed E-state index contributed by atoms with van der Waals surface area (Å²) in [6.07, 6.45) is 12.4. The minimum Gasteiger partial charge on any atom is -0.342 e. The number of nitrogens with zero attached hydrogens (tertiary/aromatic N) is 2. The monoisotopic (exact) mass is 412 g/mol. The molecule has 2 heterocycles. The van der Waals surface area contributed by atoms with Crippen LogP contribution in [0.25, 0.3) is 6.08 Å².